The molecule has 0 aliphatic heterocycles. The molecule has 0 radical (unpaired) electrons. The zero-order valence-electron chi connectivity index (χ0n) is 21.7. The first kappa shape index (κ1) is 26.8. The molecule has 0 aliphatic rings. The first-order valence-corrected chi connectivity index (χ1v) is 15.2. The van der Waals surface area contributed by atoms with Crippen LogP contribution in [0.25, 0.3) is 11.1 Å². The van der Waals surface area contributed by atoms with E-state index in [9.17, 15) is 8.42 Å². The normalized spacial score (nSPS) is 12.3. The summed E-state index contributed by atoms with van der Waals surface area (Å²) < 4.78 is 29.1. The van der Waals surface area contributed by atoms with E-state index in [2.05, 4.69) is 74.0 Å². The molecule has 3 heterocycles. The predicted octanol–water partition coefficient (Wildman–Crippen LogP) is 5.90. The number of H-pyrrole nitrogens is 1. The SMILES string of the molecule is C[C@H](Cc1ccccc1)CN(Cc1cnc[nH]1)c1ccc(-c2ccncc2)cc1CNS(=O)(=O)c1cccs1. The number of aromatic nitrogens is 3. The lowest BCUT2D eigenvalue weighted by Gasteiger charge is -2.30. The Kier molecular flexibility index (Phi) is 8.51. The number of pyridine rings is 1. The van der Waals surface area contributed by atoms with Crippen LogP contribution in [0.1, 0.15) is 23.7 Å². The number of hydrogen-bond donors (Lipinski definition) is 2. The van der Waals surface area contributed by atoms with Gasteiger partial charge < -0.3 is 9.88 Å². The van der Waals surface area contributed by atoms with Crippen LogP contribution in [0.15, 0.2) is 107 Å². The number of nitrogens with one attached hydrogen (secondary N) is 2. The van der Waals surface area contributed by atoms with Crippen molar-refractivity contribution < 1.29 is 8.42 Å². The van der Waals surface area contributed by atoms with Crippen LogP contribution in [0.4, 0.5) is 5.69 Å². The molecule has 1 atom stereocenters. The van der Waals surface area contributed by atoms with Gasteiger partial charge in [0.1, 0.15) is 4.21 Å². The topological polar surface area (TPSA) is 91.0 Å². The van der Waals surface area contributed by atoms with Gasteiger partial charge in [-0.05, 0) is 70.3 Å². The van der Waals surface area contributed by atoms with E-state index in [-0.39, 0.29) is 6.54 Å². The third-order valence-electron chi connectivity index (χ3n) is 6.52. The molecular formula is C30H31N5O2S2. The highest BCUT2D eigenvalue weighted by Crippen LogP contribution is 2.30. The van der Waals surface area contributed by atoms with Crippen molar-refractivity contribution in [1.82, 2.24) is 19.7 Å². The summed E-state index contributed by atoms with van der Waals surface area (Å²) in [6.07, 6.45) is 7.98. The minimum atomic E-state index is -3.62. The number of hydrogen-bond acceptors (Lipinski definition) is 6. The first-order valence-electron chi connectivity index (χ1n) is 12.8. The third-order valence-corrected chi connectivity index (χ3v) is 9.32. The Morgan fingerprint density at radius 2 is 1.79 bits per heavy atom. The Morgan fingerprint density at radius 3 is 2.51 bits per heavy atom. The minimum Gasteiger partial charge on any atom is -0.365 e. The molecule has 200 valence electrons. The highest BCUT2D eigenvalue weighted by molar-refractivity contribution is 7.91. The van der Waals surface area contributed by atoms with Gasteiger partial charge in [0.2, 0.25) is 10.0 Å². The van der Waals surface area contributed by atoms with E-state index < -0.39 is 10.0 Å². The monoisotopic (exact) mass is 557 g/mol. The van der Waals surface area contributed by atoms with Crippen LogP contribution in [0.5, 0.6) is 0 Å². The summed E-state index contributed by atoms with van der Waals surface area (Å²) in [6.45, 7) is 3.82. The standard InChI is InChI=1S/C30H31N5O2S2/c1-23(16-24-6-3-2-4-7-24)20-35(21-28-19-32-22-33-28)29-10-9-26(25-11-13-31-14-12-25)17-27(29)18-34-39(36,37)30-8-5-15-38-30/h2-15,17,19,22-23,34H,16,18,20-21H2,1H3,(H,32,33)/t23-/m1/s1. The number of rotatable bonds is 12. The fourth-order valence-corrected chi connectivity index (χ4v) is 6.75. The molecule has 5 aromatic rings. The molecule has 0 amide bonds. The summed E-state index contributed by atoms with van der Waals surface area (Å²) in [5.41, 5.74) is 6.20. The maximum atomic E-state index is 13.0. The van der Waals surface area contributed by atoms with Crippen molar-refractivity contribution in [1.29, 1.82) is 0 Å². The molecule has 2 aromatic carbocycles. The van der Waals surface area contributed by atoms with Crippen molar-refractivity contribution in [3.05, 3.63) is 120 Å². The minimum absolute atomic E-state index is 0.168. The van der Waals surface area contributed by atoms with Crippen LogP contribution in [0.2, 0.25) is 0 Å². The lowest BCUT2D eigenvalue weighted by Crippen LogP contribution is -2.31. The Balaban J connectivity index is 1.48. The van der Waals surface area contributed by atoms with Gasteiger partial charge in [0.15, 0.2) is 0 Å². The van der Waals surface area contributed by atoms with Crippen molar-refractivity contribution in [3.8, 4) is 11.1 Å². The number of thiophene rings is 1. The number of aromatic amines is 1. The molecule has 7 nitrogen and oxygen atoms in total. The highest BCUT2D eigenvalue weighted by atomic mass is 32.2. The predicted molar refractivity (Wildman–Crippen MR) is 157 cm³/mol. The summed E-state index contributed by atoms with van der Waals surface area (Å²) in [6, 6.07) is 24.0. The van der Waals surface area contributed by atoms with Crippen molar-refractivity contribution in [2.45, 2.75) is 30.6 Å². The number of sulfonamides is 1. The largest absolute Gasteiger partial charge is 0.365 e. The van der Waals surface area contributed by atoms with E-state index in [1.807, 2.05) is 24.4 Å². The van der Waals surface area contributed by atoms with Gasteiger partial charge in [-0.15, -0.1) is 11.3 Å². The molecular weight excluding hydrogens is 526 g/mol. The molecule has 3 aromatic heterocycles. The summed E-state index contributed by atoms with van der Waals surface area (Å²) in [4.78, 5) is 13.9. The summed E-state index contributed by atoms with van der Waals surface area (Å²) >= 11 is 1.21. The van der Waals surface area contributed by atoms with Crippen molar-refractivity contribution in [2.24, 2.45) is 5.92 Å². The van der Waals surface area contributed by atoms with Gasteiger partial charge >= 0.3 is 0 Å². The first-order chi connectivity index (χ1) is 19.0. The molecule has 9 heteroatoms. The van der Waals surface area contributed by atoms with Gasteiger partial charge in [-0.25, -0.2) is 18.1 Å². The van der Waals surface area contributed by atoms with E-state index in [0.717, 1.165) is 41.0 Å². The van der Waals surface area contributed by atoms with Gasteiger partial charge in [0.25, 0.3) is 0 Å². The number of benzene rings is 2. The lowest BCUT2D eigenvalue weighted by atomic mass is 9.98. The van der Waals surface area contributed by atoms with Gasteiger partial charge in [-0.2, -0.15) is 0 Å². The van der Waals surface area contributed by atoms with Crippen LogP contribution in [-0.2, 0) is 29.5 Å². The highest BCUT2D eigenvalue weighted by Gasteiger charge is 2.20. The number of nitrogens with zero attached hydrogens (tertiary/aromatic N) is 3. The quantitative estimate of drug-likeness (QED) is 0.199. The van der Waals surface area contributed by atoms with Crippen molar-refractivity contribution >= 4 is 27.0 Å². The molecule has 0 bridgehead atoms. The summed E-state index contributed by atoms with van der Waals surface area (Å²) in [5, 5.41) is 1.77. The van der Waals surface area contributed by atoms with Gasteiger partial charge in [-0.3, -0.25) is 4.98 Å². The fraction of sp³-hybridized carbons (Fsp3) is 0.200. The second kappa shape index (κ2) is 12.4. The smallest absolute Gasteiger partial charge is 0.250 e. The molecule has 0 aliphatic carbocycles. The van der Waals surface area contributed by atoms with E-state index in [4.69, 9.17) is 0 Å². The Bertz CT molecular complexity index is 1560. The Labute approximate surface area is 233 Å². The zero-order valence-corrected chi connectivity index (χ0v) is 23.3. The van der Waals surface area contributed by atoms with Crippen LogP contribution < -0.4 is 9.62 Å². The number of imidazole rings is 1. The van der Waals surface area contributed by atoms with Gasteiger partial charge in [0.05, 0.1) is 18.6 Å². The van der Waals surface area contributed by atoms with E-state index in [0.29, 0.717) is 16.7 Å². The number of anilines is 1. The molecule has 2 N–H and O–H groups in total. The molecule has 0 saturated carbocycles. The van der Waals surface area contributed by atoms with Crippen molar-refractivity contribution in [2.75, 3.05) is 11.4 Å². The molecule has 5 rings (SSSR count). The molecule has 0 saturated heterocycles. The molecule has 0 spiro atoms. The van der Waals surface area contributed by atoms with E-state index in [1.165, 1.54) is 16.9 Å². The van der Waals surface area contributed by atoms with E-state index in [1.54, 1.807) is 36.2 Å². The average Bonchev–Trinajstić information content (AvgIpc) is 3.68. The summed E-state index contributed by atoms with van der Waals surface area (Å²) in [7, 11) is -3.62. The summed E-state index contributed by atoms with van der Waals surface area (Å²) in [5.74, 6) is 0.353. The molecule has 39 heavy (non-hydrogen) atoms. The second-order valence-corrected chi connectivity index (χ2v) is 12.5. The molecule has 0 fully saturated rings. The van der Waals surface area contributed by atoms with Crippen LogP contribution in [-0.4, -0.2) is 29.9 Å². The van der Waals surface area contributed by atoms with Crippen LogP contribution >= 0.6 is 11.3 Å². The van der Waals surface area contributed by atoms with Gasteiger partial charge in [0, 0.05) is 37.4 Å². The Morgan fingerprint density at radius 1 is 0.974 bits per heavy atom. The lowest BCUT2D eigenvalue weighted by molar-refractivity contribution is 0.552. The van der Waals surface area contributed by atoms with Crippen LogP contribution in [0.3, 0.4) is 0 Å². The average molecular weight is 558 g/mol. The van der Waals surface area contributed by atoms with Crippen molar-refractivity contribution in [3.63, 3.8) is 0 Å². The fourth-order valence-electron chi connectivity index (χ4n) is 4.70. The Hall–Kier alpha value is -3.79. The third kappa shape index (κ3) is 7.00. The van der Waals surface area contributed by atoms with E-state index >= 15 is 0 Å². The second-order valence-electron chi connectivity index (χ2n) is 9.59. The van der Waals surface area contributed by atoms with Crippen LogP contribution in [0, 0.1) is 5.92 Å². The zero-order chi connectivity index (χ0) is 27.1. The maximum absolute atomic E-state index is 13.0. The van der Waals surface area contributed by atoms with Gasteiger partial charge in [-0.1, -0.05) is 49.4 Å². The molecule has 0 unspecified atom stereocenters. The maximum Gasteiger partial charge on any atom is 0.250 e.